The molecule has 3 nitrogen and oxygen atoms in total. The van der Waals surface area contributed by atoms with Crippen molar-refractivity contribution in [3.05, 3.63) is 39.0 Å². The van der Waals surface area contributed by atoms with E-state index in [-0.39, 0.29) is 0 Å². The molecule has 2 heterocycles. The summed E-state index contributed by atoms with van der Waals surface area (Å²) in [5, 5.41) is 5.36. The smallest absolute Gasteiger partial charge is 0.0953 e. The fourth-order valence-corrected chi connectivity index (χ4v) is 2.93. The fourth-order valence-electron chi connectivity index (χ4n) is 1.44. The fraction of sp³-hybridized carbons (Fsp3) is 0.364. The van der Waals surface area contributed by atoms with E-state index in [0.29, 0.717) is 0 Å². The number of halogens is 1. The molecule has 0 saturated carbocycles. The first kappa shape index (κ1) is 11.8. The number of thiophene rings is 1. The Morgan fingerprint density at radius 2 is 2.44 bits per heavy atom. The molecule has 0 aromatic carbocycles. The monoisotopic (exact) mass is 299 g/mol. The minimum absolute atomic E-state index is 0.842. The van der Waals surface area contributed by atoms with Crippen LogP contribution in [0.15, 0.2) is 28.4 Å². The second-order valence-electron chi connectivity index (χ2n) is 3.51. The highest BCUT2D eigenvalue weighted by Crippen LogP contribution is 2.23. The van der Waals surface area contributed by atoms with Gasteiger partial charge in [-0.15, -0.1) is 11.3 Å². The minimum Gasteiger partial charge on any atom is -0.332 e. The summed E-state index contributed by atoms with van der Waals surface area (Å²) in [6, 6.07) is 2.08. The van der Waals surface area contributed by atoms with Crippen LogP contribution in [0, 0.1) is 0 Å². The van der Waals surface area contributed by atoms with E-state index in [0.717, 1.165) is 25.3 Å². The highest BCUT2D eigenvalue weighted by Gasteiger charge is 2.03. The zero-order valence-corrected chi connectivity index (χ0v) is 11.5. The molecule has 0 fully saturated rings. The van der Waals surface area contributed by atoms with Gasteiger partial charge in [0.15, 0.2) is 0 Å². The van der Waals surface area contributed by atoms with Crippen molar-refractivity contribution in [2.45, 2.75) is 20.0 Å². The highest BCUT2D eigenvalue weighted by molar-refractivity contribution is 9.10. The van der Waals surface area contributed by atoms with Crippen LogP contribution in [0.25, 0.3) is 0 Å². The van der Waals surface area contributed by atoms with Gasteiger partial charge in [-0.1, -0.05) is 6.92 Å². The molecule has 16 heavy (non-hydrogen) atoms. The number of nitrogens with zero attached hydrogens (tertiary/aromatic N) is 2. The molecule has 2 aromatic rings. The van der Waals surface area contributed by atoms with Gasteiger partial charge in [0.2, 0.25) is 0 Å². The molecule has 0 radical (unpaired) electrons. The third-order valence-corrected chi connectivity index (χ3v) is 4.17. The second kappa shape index (κ2) is 5.61. The van der Waals surface area contributed by atoms with Crippen molar-refractivity contribution in [2.24, 2.45) is 0 Å². The summed E-state index contributed by atoms with van der Waals surface area (Å²) in [7, 11) is 0. The Labute approximate surface area is 108 Å². The van der Waals surface area contributed by atoms with Crippen LogP contribution in [0.4, 0.5) is 0 Å². The van der Waals surface area contributed by atoms with Crippen molar-refractivity contribution in [3.8, 4) is 0 Å². The number of nitrogens with one attached hydrogen (secondary N) is 1. The molecule has 0 atom stereocenters. The maximum atomic E-state index is 4.35. The number of hydrogen-bond donors (Lipinski definition) is 1. The van der Waals surface area contributed by atoms with E-state index < -0.39 is 0 Å². The molecule has 86 valence electrons. The van der Waals surface area contributed by atoms with Crippen molar-refractivity contribution in [1.29, 1.82) is 0 Å². The summed E-state index contributed by atoms with van der Waals surface area (Å²) < 4.78 is 3.29. The highest BCUT2D eigenvalue weighted by atomic mass is 79.9. The van der Waals surface area contributed by atoms with Gasteiger partial charge >= 0.3 is 0 Å². The van der Waals surface area contributed by atoms with Crippen LogP contribution < -0.4 is 5.32 Å². The van der Waals surface area contributed by atoms with Crippen LogP contribution in [0.2, 0.25) is 0 Å². The van der Waals surface area contributed by atoms with Crippen molar-refractivity contribution < 1.29 is 0 Å². The largest absolute Gasteiger partial charge is 0.332 e. The quantitative estimate of drug-likeness (QED) is 0.920. The summed E-state index contributed by atoms with van der Waals surface area (Å²) >= 11 is 5.30. The van der Waals surface area contributed by atoms with E-state index in [1.54, 1.807) is 11.3 Å². The minimum atomic E-state index is 0.842. The first-order valence-electron chi connectivity index (χ1n) is 5.23. The zero-order chi connectivity index (χ0) is 11.4. The normalized spacial score (nSPS) is 10.9. The van der Waals surface area contributed by atoms with Crippen molar-refractivity contribution in [1.82, 2.24) is 14.9 Å². The molecule has 2 aromatic heterocycles. The molecule has 1 N–H and O–H groups in total. The first-order valence-corrected chi connectivity index (χ1v) is 6.90. The van der Waals surface area contributed by atoms with Crippen LogP contribution in [-0.4, -0.2) is 16.1 Å². The van der Waals surface area contributed by atoms with Gasteiger partial charge in [-0.3, -0.25) is 0 Å². The van der Waals surface area contributed by atoms with Crippen LogP contribution in [0.3, 0.4) is 0 Å². The Hall–Kier alpha value is -0.650. The Balaban J connectivity index is 2.00. The predicted octanol–water partition coefficient (Wildman–Crippen LogP) is 2.86. The summed E-state index contributed by atoms with van der Waals surface area (Å²) in [5.74, 6) is 0. The Morgan fingerprint density at radius 3 is 3.12 bits per heavy atom. The summed E-state index contributed by atoms with van der Waals surface area (Å²) in [6.07, 6.45) is 3.98. The average Bonchev–Trinajstić information content (AvgIpc) is 2.87. The van der Waals surface area contributed by atoms with Crippen molar-refractivity contribution in [3.63, 3.8) is 0 Å². The van der Waals surface area contributed by atoms with Gasteiger partial charge in [0.05, 0.1) is 18.6 Å². The Kier molecular flexibility index (Phi) is 4.15. The standard InChI is InChI=1S/C11H14BrN3S/c1-2-13-5-9-6-15(8-14-9)7-11-10(12)3-4-16-11/h3-4,6,8,13H,2,5,7H2,1H3. The zero-order valence-electron chi connectivity index (χ0n) is 9.11. The van der Waals surface area contributed by atoms with E-state index >= 15 is 0 Å². The average molecular weight is 300 g/mol. The molecule has 5 heteroatoms. The predicted molar refractivity (Wildman–Crippen MR) is 70.7 cm³/mol. The lowest BCUT2D eigenvalue weighted by atomic mass is 10.4. The topological polar surface area (TPSA) is 29.9 Å². The molecule has 0 spiro atoms. The second-order valence-corrected chi connectivity index (χ2v) is 5.36. The van der Waals surface area contributed by atoms with Gasteiger partial charge in [0.25, 0.3) is 0 Å². The summed E-state index contributed by atoms with van der Waals surface area (Å²) in [4.78, 5) is 5.68. The molecule has 0 saturated heterocycles. The van der Waals surface area contributed by atoms with Gasteiger partial charge in [-0.2, -0.15) is 0 Å². The summed E-state index contributed by atoms with van der Waals surface area (Å²) in [5.41, 5.74) is 1.09. The molecule has 0 unspecified atom stereocenters. The Bertz CT molecular complexity index is 450. The number of aromatic nitrogens is 2. The lowest BCUT2D eigenvalue weighted by Crippen LogP contribution is -2.11. The van der Waals surface area contributed by atoms with Gasteiger partial charge in [0, 0.05) is 22.1 Å². The molecule has 0 aliphatic carbocycles. The summed E-state index contributed by atoms with van der Waals surface area (Å²) in [6.45, 7) is 4.80. The van der Waals surface area contributed by atoms with Crippen LogP contribution in [0.1, 0.15) is 17.5 Å². The number of rotatable bonds is 5. The van der Waals surface area contributed by atoms with E-state index in [9.17, 15) is 0 Å². The maximum Gasteiger partial charge on any atom is 0.0953 e. The molecule has 0 aliphatic heterocycles. The number of hydrogen-bond acceptors (Lipinski definition) is 3. The van der Waals surface area contributed by atoms with Crippen LogP contribution in [0.5, 0.6) is 0 Å². The SMILES string of the molecule is CCNCc1cn(Cc2sccc2Br)cn1. The Morgan fingerprint density at radius 1 is 1.56 bits per heavy atom. The molecular weight excluding hydrogens is 286 g/mol. The first-order chi connectivity index (χ1) is 7.79. The van der Waals surface area contributed by atoms with E-state index in [2.05, 4.69) is 55.4 Å². The molecule has 0 amide bonds. The van der Waals surface area contributed by atoms with E-state index in [1.807, 2.05) is 6.33 Å². The van der Waals surface area contributed by atoms with Gasteiger partial charge in [0.1, 0.15) is 0 Å². The van der Waals surface area contributed by atoms with Crippen LogP contribution >= 0.6 is 27.3 Å². The third-order valence-electron chi connectivity index (χ3n) is 2.26. The molecule has 0 bridgehead atoms. The van der Waals surface area contributed by atoms with E-state index in [1.165, 1.54) is 9.35 Å². The lowest BCUT2D eigenvalue weighted by molar-refractivity contribution is 0.712. The van der Waals surface area contributed by atoms with Crippen molar-refractivity contribution >= 4 is 27.3 Å². The van der Waals surface area contributed by atoms with Crippen molar-refractivity contribution in [2.75, 3.05) is 6.54 Å². The molecule has 0 aliphatic rings. The van der Waals surface area contributed by atoms with E-state index in [4.69, 9.17) is 0 Å². The van der Waals surface area contributed by atoms with Crippen LogP contribution in [-0.2, 0) is 13.1 Å². The molecule has 2 rings (SSSR count). The van der Waals surface area contributed by atoms with Gasteiger partial charge in [-0.05, 0) is 33.9 Å². The lowest BCUT2D eigenvalue weighted by Gasteiger charge is -2.00. The third kappa shape index (κ3) is 2.93. The maximum absolute atomic E-state index is 4.35. The number of imidazole rings is 1. The van der Waals surface area contributed by atoms with Gasteiger partial charge in [-0.25, -0.2) is 4.98 Å². The molecular formula is C11H14BrN3S. The van der Waals surface area contributed by atoms with Gasteiger partial charge < -0.3 is 9.88 Å².